The summed E-state index contributed by atoms with van der Waals surface area (Å²) in [4.78, 5) is 0. The van der Waals surface area contributed by atoms with Gasteiger partial charge < -0.3 is 25.2 Å². The van der Waals surface area contributed by atoms with Gasteiger partial charge in [0, 0.05) is 0 Å². The van der Waals surface area contributed by atoms with Gasteiger partial charge in [0.1, 0.15) is 18.3 Å². The van der Waals surface area contributed by atoms with Gasteiger partial charge in [-0.3, -0.25) is 0 Å². The van der Waals surface area contributed by atoms with E-state index in [-0.39, 0.29) is 0 Å². The van der Waals surface area contributed by atoms with Crippen molar-refractivity contribution in [1.82, 2.24) is 0 Å². The highest BCUT2D eigenvalue weighted by Gasteiger charge is 2.41. The summed E-state index contributed by atoms with van der Waals surface area (Å²) in [6.07, 6.45) is -6.49. The molecule has 60 valence electrons. The number of aliphatic hydroxyl groups excluding tert-OH is 3. The second kappa shape index (κ2) is 2.81. The molecule has 1 heterocycles. The normalized spacial score (nSPS) is 52.4. The van der Waals surface area contributed by atoms with Crippen molar-refractivity contribution < 1.29 is 27.9 Å². The van der Waals surface area contributed by atoms with Gasteiger partial charge in [-0.05, 0) is 0 Å². The molecule has 4 N–H and O–H groups in total. The molecule has 5 nitrogen and oxygen atoms in total. The molecule has 1 fully saturated rings. The van der Waals surface area contributed by atoms with Crippen LogP contribution in [0.1, 0.15) is 2.74 Å². The predicted octanol–water partition coefficient (Wildman–Crippen LogP) is -2.58. The molecule has 0 aromatic carbocycles. The highest BCUT2D eigenvalue weighted by atomic mass is 16.6. The third-order valence-corrected chi connectivity index (χ3v) is 1.37. The van der Waals surface area contributed by atoms with E-state index >= 15 is 0 Å². The molecule has 0 amide bonds. The lowest BCUT2D eigenvalue weighted by Crippen LogP contribution is -2.33. The fraction of sp³-hybridized carbons (Fsp3) is 1.00. The Labute approximate surface area is 60.3 Å². The lowest BCUT2D eigenvalue weighted by Gasteiger charge is -2.09. The first-order valence-corrected chi connectivity index (χ1v) is 2.76. The predicted molar refractivity (Wildman–Crippen MR) is 30.0 cm³/mol. The van der Waals surface area contributed by atoms with Crippen LogP contribution < -0.4 is 0 Å². The molecule has 0 spiro atoms. The molecule has 0 aromatic heterocycles. The number of hydrogen-bond donors (Lipinski definition) is 4. The number of aliphatic hydroxyl groups is 4. The van der Waals surface area contributed by atoms with E-state index in [1.807, 2.05) is 0 Å². The van der Waals surface area contributed by atoms with Gasteiger partial charge in [0.25, 0.3) is 0 Å². The SMILES string of the molecule is [2H]C([2H])(O)[C@H]1O[C@@H](O)[C@@H](O)C1O. The Morgan fingerprint density at radius 3 is 2.10 bits per heavy atom. The quantitative estimate of drug-likeness (QED) is 0.331. The van der Waals surface area contributed by atoms with Crippen LogP contribution >= 0.6 is 0 Å². The lowest BCUT2D eigenvalue weighted by atomic mass is 10.1. The fourth-order valence-corrected chi connectivity index (χ4v) is 0.766. The van der Waals surface area contributed by atoms with Crippen molar-refractivity contribution in [3.05, 3.63) is 0 Å². The molecular formula is C5H10O5. The van der Waals surface area contributed by atoms with Gasteiger partial charge >= 0.3 is 0 Å². The second-order valence-electron chi connectivity index (χ2n) is 2.06. The zero-order valence-electron chi connectivity index (χ0n) is 7.01. The summed E-state index contributed by atoms with van der Waals surface area (Å²) >= 11 is 0. The lowest BCUT2D eigenvalue weighted by molar-refractivity contribution is -0.132. The Balaban J connectivity index is 2.71. The molecule has 1 saturated heterocycles. The topological polar surface area (TPSA) is 90.2 Å². The average Bonchev–Trinajstić information content (AvgIpc) is 2.15. The van der Waals surface area contributed by atoms with Crippen LogP contribution in [0.15, 0.2) is 0 Å². The zero-order valence-corrected chi connectivity index (χ0v) is 5.01. The average molecular weight is 152 g/mol. The van der Waals surface area contributed by atoms with E-state index < -0.39 is 31.2 Å². The van der Waals surface area contributed by atoms with Crippen molar-refractivity contribution in [2.45, 2.75) is 24.6 Å². The Morgan fingerprint density at radius 1 is 1.30 bits per heavy atom. The summed E-state index contributed by atoms with van der Waals surface area (Å²) in [5, 5.41) is 35.5. The van der Waals surface area contributed by atoms with E-state index in [0.717, 1.165) is 0 Å². The third-order valence-electron chi connectivity index (χ3n) is 1.37. The second-order valence-corrected chi connectivity index (χ2v) is 2.06. The van der Waals surface area contributed by atoms with Crippen molar-refractivity contribution >= 4 is 0 Å². The van der Waals surface area contributed by atoms with Crippen molar-refractivity contribution in [2.24, 2.45) is 0 Å². The highest BCUT2D eigenvalue weighted by Crippen LogP contribution is 2.18. The Bertz CT molecular complexity index is 170. The van der Waals surface area contributed by atoms with Crippen LogP contribution in [0.5, 0.6) is 0 Å². The van der Waals surface area contributed by atoms with Crippen LogP contribution in [0, 0.1) is 0 Å². The molecule has 0 aromatic rings. The van der Waals surface area contributed by atoms with Crippen molar-refractivity contribution in [3.63, 3.8) is 0 Å². The van der Waals surface area contributed by atoms with Crippen LogP contribution in [0.4, 0.5) is 0 Å². The molecule has 1 unspecified atom stereocenters. The molecular weight excluding hydrogens is 140 g/mol. The van der Waals surface area contributed by atoms with E-state index in [0.29, 0.717) is 0 Å². The molecule has 5 heteroatoms. The van der Waals surface area contributed by atoms with Crippen LogP contribution in [0.2, 0.25) is 0 Å². The van der Waals surface area contributed by atoms with Crippen molar-refractivity contribution in [2.75, 3.05) is 6.56 Å². The maximum Gasteiger partial charge on any atom is 0.184 e. The van der Waals surface area contributed by atoms with Crippen LogP contribution in [0.3, 0.4) is 0 Å². The first kappa shape index (κ1) is 5.45. The monoisotopic (exact) mass is 152 g/mol. The number of ether oxygens (including phenoxy) is 1. The molecule has 1 rings (SSSR count). The summed E-state index contributed by atoms with van der Waals surface area (Å²) in [5.41, 5.74) is 0. The van der Waals surface area contributed by atoms with E-state index in [4.69, 9.17) is 23.2 Å². The van der Waals surface area contributed by atoms with E-state index in [1.54, 1.807) is 0 Å². The number of rotatable bonds is 1. The molecule has 0 radical (unpaired) electrons. The molecule has 0 saturated carbocycles. The largest absolute Gasteiger partial charge is 0.394 e. The molecule has 10 heavy (non-hydrogen) atoms. The zero-order chi connectivity index (χ0) is 9.52. The van der Waals surface area contributed by atoms with Gasteiger partial charge in [0.05, 0.1) is 9.30 Å². The summed E-state index contributed by atoms with van der Waals surface area (Å²) < 4.78 is 17.9. The third kappa shape index (κ3) is 1.14. The summed E-state index contributed by atoms with van der Waals surface area (Å²) in [6, 6.07) is 0. The van der Waals surface area contributed by atoms with Crippen LogP contribution in [0.25, 0.3) is 0 Å². The van der Waals surface area contributed by atoms with E-state index in [9.17, 15) is 0 Å². The van der Waals surface area contributed by atoms with E-state index in [2.05, 4.69) is 4.74 Å². The Kier molecular flexibility index (Phi) is 1.53. The van der Waals surface area contributed by atoms with Crippen molar-refractivity contribution in [1.29, 1.82) is 0 Å². The van der Waals surface area contributed by atoms with Gasteiger partial charge in [-0.25, -0.2) is 0 Å². The molecule has 1 aliphatic rings. The Morgan fingerprint density at radius 2 is 1.90 bits per heavy atom. The molecule has 0 aliphatic carbocycles. The van der Waals surface area contributed by atoms with Gasteiger partial charge in [0.15, 0.2) is 6.29 Å². The molecule has 0 bridgehead atoms. The molecule has 1 aliphatic heterocycles. The van der Waals surface area contributed by atoms with E-state index in [1.165, 1.54) is 0 Å². The maximum absolute atomic E-state index is 9.03. The number of hydrogen-bond acceptors (Lipinski definition) is 5. The highest BCUT2D eigenvalue weighted by molar-refractivity contribution is 4.84. The summed E-state index contributed by atoms with van der Waals surface area (Å²) in [6.45, 7) is -2.78. The van der Waals surface area contributed by atoms with Crippen molar-refractivity contribution in [3.8, 4) is 0 Å². The first-order valence-electron chi connectivity index (χ1n) is 3.76. The van der Waals surface area contributed by atoms with Gasteiger partial charge in [0.2, 0.25) is 0 Å². The van der Waals surface area contributed by atoms with Crippen LogP contribution in [-0.2, 0) is 4.74 Å². The van der Waals surface area contributed by atoms with Crippen LogP contribution in [-0.4, -0.2) is 51.6 Å². The molecule has 4 atom stereocenters. The van der Waals surface area contributed by atoms with Gasteiger partial charge in [-0.1, -0.05) is 0 Å². The van der Waals surface area contributed by atoms with Gasteiger partial charge in [-0.15, -0.1) is 0 Å². The summed E-state index contributed by atoms with van der Waals surface area (Å²) in [5.74, 6) is 0. The first-order chi connectivity index (χ1) is 5.34. The minimum Gasteiger partial charge on any atom is -0.394 e. The minimum absolute atomic E-state index is 1.59. The van der Waals surface area contributed by atoms with Gasteiger partial charge in [-0.2, -0.15) is 0 Å². The minimum atomic E-state index is -2.78. The summed E-state index contributed by atoms with van der Waals surface area (Å²) in [7, 11) is 0. The smallest absolute Gasteiger partial charge is 0.184 e. The maximum atomic E-state index is 9.03. The fourth-order valence-electron chi connectivity index (χ4n) is 0.766. The Hall–Kier alpha value is -0.200. The standard InChI is InChI=1S/C5H10O5/c6-1-2-3(7)4(8)5(9)10-2/h2-9H,1H2/t2-,3?,4+,5-/m1/s1/i1D2.